The molecule has 0 aliphatic heterocycles. The minimum Gasteiger partial charge on any atom is -0.540 e. The molecule has 4 heterocycles. The average molecular weight is 519 g/mol. The summed E-state index contributed by atoms with van der Waals surface area (Å²) in [6.07, 6.45) is 0. The summed E-state index contributed by atoms with van der Waals surface area (Å²) in [7, 11) is 4.75. The Morgan fingerprint density at radius 3 is 2.00 bits per heavy atom. The molecule has 5 rings (SSSR count). The highest BCUT2D eigenvalue weighted by Crippen LogP contribution is 2.43. The second-order valence-electron chi connectivity index (χ2n) is 7.96. The van der Waals surface area contributed by atoms with Crippen LogP contribution in [0.15, 0.2) is 36.4 Å². The van der Waals surface area contributed by atoms with Gasteiger partial charge in [-0.3, -0.25) is 0 Å². The van der Waals surface area contributed by atoms with Gasteiger partial charge in [0.05, 0.1) is 33.4 Å². The number of benzene rings is 1. The zero-order valence-corrected chi connectivity index (χ0v) is 22.1. The lowest BCUT2D eigenvalue weighted by atomic mass is 10.0. The molecule has 0 bridgehead atoms. The number of nitrogens with zero attached hydrogens (tertiary/aromatic N) is 3. The van der Waals surface area contributed by atoms with E-state index in [1.165, 1.54) is 38.8 Å². The second-order valence-corrected chi connectivity index (χ2v) is 10.8. The van der Waals surface area contributed by atoms with Gasteiger partial charge in [-0.15, -0.1) is 22.7 Å². The molecule has 4 aromatic heterocycles. The van der Waals surface area contributed by atoms with E-state index < -0.39 is 0 Å². The van der Waals surface area contributed by atoms with Crippen LogP contribution in [0.1, 0.15) is 31.3 Å². The van der Waals surface area contributed by atoms with Crippen LogP contribution in [0.3, 0.4) is 0 Å². The summed E-state index contributed by atoms with van der Waals surface area (Å²) in [5.41, 5.74) is 6.43. The molecule has 0 unspecified atom stereocenters. The van der Waals surface area contributed by atoms with Crippen molar-refractivity contribution in [2.45, 2.75) is 13.8 Å². The van der Waals surface area contributed by atoms with E-state index in [1.54, 1.807) is 0 Å². The molecule has 174 valence electrons. The maximum Gasteiger partial charge on any atom is 0.326 e. The largest absolute Gasteiger partial charge is 0.540 e. The Labute approximate surface area is 215 Å². The molecule has 0 saturated heterocycles. The molecule has 0 aliphatic rings. The molecule has 7 nitrogen and oxygen atoms in total. The van der Waals surface area contributed by atoms with Gasteiger partial charge in [-0.05, 0) is 38.1 Å². The summed E-state index contributed by atoms with van der Waals surface area (Å²) in [6.45, 7) is 3.93. The zero-order chi connectivity index (χ0) is 24.9. The molecule has 0 aliphatic carbocycles. The summed E-state index contributed by atoms with van der Waals surface area (Å²) in [5, 5.41) is 0. The van der Waals surface area contributed by atoms with E-state index in [0.717, 1.165) is 64.8 Å². The minimum absolute atomic E-state index is 0.355. The van der Waals surface area contributed by atoms with Crippen LogP contribution < -0.4 is 0 Å². The van der Waals surface area contributed by atoms with Crippen LogP contribution in [0.4, 0.5) is 0 Å². The van der Waals surface area contributed by atoms with E-state index >= 15 is 0 Å². The smallest absolute Gasteiger partial charge is 0.326 e. The maximum atomic E-state index is 12.6. The van der Waals surface area contributed by atoms with E-state index in [0.29, 0.717) is 11.1 Å². The molecule has 5 aromatic rings. The highest BCUT2D eigenvalue weighted by atomic mass is 32.1. The van der Waals surface area contributed by atoms with Crippen molar-refractivity contribution >= 4 is 73.5 Å². The summed E-state index contributed by atoms with van der Waals surface area (Å²) in [4.78, 5) is 28.3. The maximum absolute atomic E-state index is 12.6. The molecule has 0 radical (unpaired) electrons. The topological polar surface area (TPSA) is 83.3 Å². The van der Waals surface area contributed by atoms with Gasteiger partial charge in [-0.2, -0.15) is 8.75 Å². The van der Waals surface area contributed by atoms with E-state index in [2.05, 4.69) is 13.3 Å². The Hall–Kier alpha value is -3.21. The fraction of sp³-hybridized carbons (Fsp3) is 0.130. The number of carbonyl (C=O) groups is 2. The lowest BCUT2D eigenvalue weighted by Gasteiger charge is -2.05. The Morgan fingerprint density at radius 2 is 1.43 bits per heavy atom. The van der Waals surface area contributed by atoms with E-state index in [4.69, 9.17) is 9.31 Å². The van der Waals surface area contributed by atoms with Crippen LogP contribution >= 0.6 is 34.4 Å². The molecule has 0 amide bonds. The second kappa shape index (κ2) is 9.10. The van der Waals surface area contributed by atoms with Crippen molar-refractivity contribution in [3.63, 3.8) is 0 Å². The summed E-state index contributed by atoms with van der Waals surface area (Å²) >= 11 is 4.19. The lowest BCUT2D eigenvalue weighted by Crippen LogP contribution is -2.03. The van der Waals surface area contributed by atoms with Gasteiger partial charge in [-0.1, -0.05) is 12.1 Å². The van der Waals surface area contributed by atoms with Crippen molar-refractivity contribution in [1.29, 1.82) is 0 Å². The first kappa shape index (κ1) is 23.5. The van der Waals surface area contributed by atoms with E-state index in [9.17, 15) is 9.59 Å². The summed E-state index contributed by atoms with van der Waals surface area (Å²) in [5.74, 6) is -0.735. The molecule has 35 heavy (non-hydrogen) atoms. The monoisotopic (exact) mass is 519 g/mol. The van der Waals surface area contributed by atoms with Crippen LogP contribution in [0.25, 0.3) is 42.5 Å². The number of rotatable bonds is 5. The standard InChI is InChI=1S/C23H19B2N3O4S3/c1-10-4-7-16(28(10)3)21-15(23(30)32-25)9-18(34-21)13-6-5-12(19-20(13)27-35-26-19)17-8-14(11(2)33-17)22(29)31-24/h4-9H,24-25H2,1-3H3. The normalized spacial score (nSPS) is 11.2. The molecule has 0 atom stereocenters. The molecule has 0 saturated carbocycles. The summed E-state index contributed by atoms with van der Waals surface area (Å²) in [6, 6.07) is 11.7. The van der Waals surface area contributed by atoms with Crippen molar-refractivity contribution in [1.82, 2.24) is 13.3 Å². The molecule has 12 heteroatoms. The fourth-order valence-corrected chi connectivity index (χ4v) is 6.85. The highest BCUT2D eigenvalue weighted by Gasteiger charge is 2.24. The molecule has 0 spiro atoms. The van der Waals surface area contributed by atoms with Crippen LogP contribution in [0.2, 0.25) is 0 Å². The Kier molecular flexibility index (Phi) is 6.12. The Balaban J connectivity index is 1.66. The van der Waals surface area contributed by atoms with Gasteiger partial charge < -0.3 is 13.9 Å². The summed E-state index contributed by atoms with van der Waals surface area (Å²) < 4.78 is 21.2. The van der Waals surface area contributed by atoms with Crippen LogP contribution in [0.5, 0.6) is 0 Å². The highest BCUT2D eigenvalue weighted by molar-refractivity contribution is 7.19. The Bertz CT molecular complexity index is 1620. The van der Waals surface area contributed by atoms with Gasteiger partial charge in [0, 0.05) is 38.5 Å². The van der Waals surface area contributed by atoms with Gasteiger partial charge in [0.25, 0.3) is 0 Å². The zero-order valence-electron chi connectivity index (χ0n) is 19.7. The molecule has 0 fully saturated rings. The van der Waals surface area contributed by atoms with E-state index in [-0.39, 0.29) is 11.9 Å². The van der Waals surface area contributed by atoms with E-state index in [1.807, 2.05) is 57.3 Å². The third-order valence-electron chi connectivity index (χ3n) is 6.01. The lowest BCUT2D eigenvalue weighted by molar-refractivity contribution is 0.0740. The average Bonchev–Trinajstić information content (AvgIpc) is 3.64. The number of thiophene rings is 2. The minimum atomic E-state index is -0.380. The first-order valence-electron chi connectivity index (χ1n) is 10.6. The van der Waals surface area contributed by atoms with Gasteiger partial charge in [0.2, 0.25) is 0 Å². The van der Waals surface area contributed by atoms with Crippen LogP contribution in [-0.2, 0) is 16.4 Å². The Morgan fingerprint density at radius 1 is 0.857 bits per heavy atom. The quantitative estimate of drug-likeness (QED) is 0.324. The van der Waals surface area contributed by atoms with Gasteiger partial charge in [0.1, 0.15) is 11.0 Å². The predicted octanol–water partition coefficient (Wildman–Crippen LogP) is 4.18. The van der Waals surface area contributed by atoms with Gasteiger partial charge in [-0.25, -0.2) is 9.59 Å². The van der Waals surface area contributed by atoms with Gasteiger partial charge >= 0.3 is 28.0 Å². The number of aromatic nitrogens is 3. The number of hydrogen-bond acceptors (Lipinski definition) is 9. The van der Waals surface area contributed by atoms with Crippen molar-refractivity contribution in [3.05, 3.63) is 58.1 Å². The van der Waals surface area contributed by atoms with Crippen molar-refractivity contribution in [2.75, 3.05) is 0 Å². The number of aryl methyl sites for hydroxylation is 2. The third kappa shape index (κ3) is 3.91. The molecular weight excluding hydrogens is 500 g/mol. The molecular formula is C23H19B2N3O4S3. The molecule has 1 aromatic carbocycles. The van der Waals surface area contributed by atoms with Crippen molar-refractivity contribution in [3.8, 4) is 31.5 Å². The third-order valence-corrected chi connectivity index (χ3v) is 8.82. The number of hydrogen-bond donors (Lipinski definition) is 0. The van der Waals surface area contributed by atoms with Crippen LogP contribution in [0, 0.1) is 13.8 Å². The van der Waals surface area contributed by atoms with Crippen molar-refractivity contribution in [2.24, 2.45) is 7.05 Å². The fourth-order valence-electron chi connectivity index (χ4n) is 4.01. The number of fused-ring (bicyclic) bond motifs is 1. The first-order chi connectivity index (χ1) is 16.8. The first-order valence-corrected chi connectivity index (χ1v) is 13.0. The SMILES string of the molecule is BOC(=O)c1cc(-c2ccc(-c3cc(C(=O)OB)c(-c4ccc(C)n4C)s3)c3nsnc23)sc1C. The predicted molar refractivity (Wildman–Crippen MR) is 146 cm³/mol. The number of carbonyl (C=O) groups excluding carboxylic acids is 2. The van der Waals surface area contributed by atoms with Gasteiger partial charge in [0.15, 0.2) is 0 Å². The van der Waals surface area contributed by atoms with Crippen LogP contribution in [-0.4, -0.2) is 41.4 Å². The molecule has 0 N–H and O–H groups in total. The van der Waals surface area contributed by atoms with Crippen molar-refractivity contribution < 1.29 is 18.9 Å².